The van der Waals surface area contributed by atoms with Crippen molar-refractivity contribution in [3.8, 4) is 0 Å². The van der Waals surface area contributed by atoms with E-state index in [9.17, 15) is 4.79 Å². The summed E-state index contributed by atoms with van der Waals surface area (Å²) in [4.78, 5) is 14.0. The SMILES string of the molecule is CCC(C)(C)CN1CNC(C(C)C)C1=O. The maximum atomic E-state index is 12.0. The second-order valence-electron chi connectivity index (χ2n) is 5.64. The third-order valence-corrected chi connectivity index (χ3v) is 3.32. The Morgan fingerprint density at radius 2 is 2.13 bits per heavy atom. The van der Waals surface area contributed by atoms with Crippen molar-refractivity contribution in [2.45, 2.75) is 47.1 Å². The molecule has 0 aromatic heterocycles. The minimum atomic E-state index is 0.0256. The van der Waals surface area contributed by atoms with E-state index in [4.69, 9.17) is 0 Å². The van der Waals surface area contributed by atoms with Crippen molar-refractivity contribution in [2.24, 2.45) is 11.3 Å². The molecule has 0 aliphatic carbocycles. The Morgan fingerprint density at radius 3 is 2.53 bits per heavy atom. The van der Waals surface area contributed by atoms with Crippen LogP contribution in [0.4, 0.5) is 0 Å². The van der Waals surface area contributed by atoms with E-state index >= 15 is 0 Å². The molecule has 1 amide bonds. The first-order valence-corrected chi connectivity index (χ1v) is 5.89. The fraction of sp³-hybridized carbons (Fsp3) is 0.917. The van der Waals surface area contributed by atoms with Crippen molar-refractivity contribution in [2.75, 3.05) is 13.2 Å². The van der Waals surface area contributed by atoms with Crippen molar-refractivity contribution in [3.05, 3.63) is 0 Å². The van der Waals surface area contributed by atoms with Crippen LogP contribution in [-0.2, 0) is 4.79 Å². The zero-order valence-corrected chi connectivity index (χ0v) is 10.6. The Bertz CT molecular complexity index is 236. The molecule has 1 heterocycles. The molecule has 1 aliphatic rings. The molecule has 1 atom stereocenters. The van der Waals surface area contributed by atoms with E-state index in [1.54, 1.807) is 0 Å². The highest BCUT2D eigenvalue weighted by molar-refractivity contribution is 5.84. The Kier molecular flexibility index (Phi) is 3.77. The number of nitrogens with one attached hydrogen (secondary N) is 1. The molecule has 88 valence electrons. The zero-order valence-electron chi connectivity index (χ0n) is 10.6. The van der Waals surface area contributed by atoms with Gasteiger partial charge in [-0.15, -0.1) is 0 Å². The summed E-state index contributed by atoms with van der Waals surface area (Å²) in [7, 11) is 0. The highest BCUT2D eigenvalue weighted by Crippen LogP contribution is 2.23. The van der Waals surface area contributed by atoms with Gasteiger partial charge in [0, 0.05) is 6.54 Å². The Balaban J connectivity index is 2.57. The Hall–Kier alpha value is -0.570. The van der Waals surface area contributed by atoms with Gasteiger partial charge in [-0.25, -0.2) is 0 Å². The minimum absolute atomic E-state index is 0.0256. The number of carbonyl (C=O) groups excluding carboxylic acids is 1. The zero-order chi connectivity index (χ0) is 11.6. The standard InChI is InChI=1S/C12H24N2O/c1-6-12(4,5)7-14-8-13-10(9(2)3)11(14)15/h9-10,13H,6-8H2,1-5H3. The fourth-order valence-corrected chi connectivity index (χ4v) is 1.85. The monoisotopic (exact) mass is 212 g/mol. The average Bonchev–Trinajstić information content (AvgIpc) is 2.48. The second kappa shape index (κ2) is 4.52. The van der Waals surface area contributed by atoms with Crippen LogP contribution in [0, 0.1) is 11.3 Å². The van der Waals surface area contributed by atoms with Crippen LogP contribution in [0.25, 0.3) is 0 Å². The molecular weight excluding hydrogens is 188 g/mol. The van der Waals surface area contributed by atoms with Crippen molar-refractivity contribution in [3.63, 3.8) is 0 Å². The molecule has 0 aromatic rings. The lowest BCUT2D eigenvalue weighted by Crippen LogP contribution is -2.38. The lowest BCUT2D eigenvalue weighted by Gasteiger charge is -2.28. The summed E-state index contributed by atoms with van der Waals surface area (Å²) in [6, 6.07) is 0.0256. The maximum Gasteiger partial charge on any atom is 0.241 e. The molecule has 0 aromatic carbocycles. The molecule has 1 saturated heterocycles. The summed E-state index contributed by atoms with van der Waals surface area (Å²) in [5.41, 5.74) is 0.225. The number of hydrogen-bond acceptors (Lipinski definition) is 2. The van der Waals surface area contributed by atoms with Crippen LogP contribution in [0.3, 0.4) is 0 Å². The Labute approximate surface area is 93.2 Å². The second-order valence-corrected chi connectivity index (χ2v) is 5.64. The summed E-state index contributed by atoms with van der Waals surface area (Å²) in [5.74, 6) is 0.652. The van der Waals surface area contributed by atoms with Crippen molar-refractivity contribution in [1.29, 1.82) is 0 Å². The lowest BCUT2D eigenvalue weighted by molar-refractivity contribution is -0.130. The number of hydrogen-bond donors (Lipinski definition) is 1. The molecule has 3 heteroatoms. The molecule has 15 heavy (non-hydrogen) atoms. The van der Waals surface area contributed by atoms with Gasteiger partial charge >= 0.3 is 0 Å². The quantitative estimate of drug-likeness (QED) is 0.771. The third kappa shape index (κ3) is 2.94. The van der Waals surface area contributed by atoms with Gasteiger partial charge in [-0.05, 0) is 17.8 Å². The topological polar surface area (TPSA) is 32.3 Å². The van der Waals surface area contributed by atoms with Gasteiger partial charge in [0.2, 0.25) is 5.91 Å². The molecule has 1 aliphatic heterocycles. The first-order chi connectivity index (χ1) is 6.87. The van der Waals surface area contributed by atoms with Gasteiger partial charge in [-0.3, -0.25) is 10.1 Å². The molecule has 1 fully saturated rings. The van der Waals surface area contributed by atoms with Gasteiger partial charge in [0.05, 0.1) is 12.7 Å². The van der Waals surface area contributed by atoms with Crippen molar-refractivity contribution in [1.82, 2.24) is 10.2 Å². The van der Waals surface area contributed by atoms with E-state index in [0.717, 1.165) is 13.0 Å². The largest absolute Gasteiger partial charge is 0.328 e. The number of nitrogens with zero attached hydrogens (tertiary/aromatic N) is 1. The lowest BCUT2D eigenvalue weighted by atomic mass is 9.89. The predicted octanol–water partition coefficient (Wildman–Crippen LogP) is 1.84. The van der Waals surface area contributed by atoms with E-state index < -0.39 is 0 Å². The summed E-state index contributed by atoms with van der Waals surface area (Å²) < 4.78 is 0. The molecule has 3 nitrogen and oxygen atoms in total. The molecule has 1 rings (SSSR count). The van der Waals surface area contributed by atoms with E-state index in [2.05, 4.69) is 39.9 Å². The van der Waals surface area contributed by atoms with Crippen LogP contribution in [0.15, 0.2) is 0 Å². The van der Waals surface area contributed by atoms with Crippen LogP contribution in [-0.4, -0.2) is 30.1 Å². The number of amides is 1. The number of carbonyl (C=O) groups is 1. The van der Waals surface area contributed by atoms with Gasteiger partial charge in [0.25, 0.3) is 0 Å². The molecule has 0 bridgehead atoms. The van der Waals surface area contributed by atoms with Gasteiger partial charge in [0.1, 0.15) is 0 Å². The van der Waals surface area contributed by atoms with E-state index in [1.165, 1.54) is 0 Å². The molecule has 1 N–H and O–H groups in total. The Morgan fingerprint density at radius 1 is 1.53 bits per heavy atom. The third-order valence-electron chi connectivity index (χ3n) is 3.32. The van der Waals surface area contributed by atoms with Crippen LogP contribution >= 0.6 is 0 Å². The highest BCUT2D eigenvalue weighted by Gasteiger charge is 2.35. The maximum absolute atomic E-state index is 12.0. The first-order valence-electron chi connectivity index (χ1n) is 5.89. The fourth-order valence-electron chi connectivity index (χ4n) is 1.85. The van der Waals surface area contributed by atoms with Gasteiger partial charge in [0.15, 0.2) is 0 Å². The first kappa shape index (κ1) is 12.5. The van der Waals surface area contributed by atoms with Gasteiger partial charge in [-0.2, -0.15) is 0 Å². The van der Waals surface area contributed by atoms with Crippen LogP contribution in [0.1, 0.15) is 41.0 Å². The number of rotatable bonds is 4. The minimum Gasteiger partial charge on any atom is -0.328 e. The molecule has 1 unspecified atom stereocenters. The smallest absolute Gasteiger partial charge is 0.241 e. The van der Waals surface area contributed by atoms with Crippen molar-refractivity contribution < 1.29 is 4.79 Å². The van der Waals surface area contributed by atoms with Gasteiger partial charge < -0.3 is 4.90 Å². The van der Waals surface area contributed by atoms with Crippen LogP contribution in [0.2, 0.25) is 0 Å². The van der Waals surface area contributed by atoms with Gasteiger partial charge in [-0.1, -0.05) is 34.6 Å². The average molecular weight is 212 g/mol. The molecular formula is C12H24N2O. The predicted molar refractivity (Wildman–Crippen MR) is 62.4 cm³/mol. The van der Waals surface area contributed by atoms with Crippen LogP contribution < -0.4 is 5.32 Å². The van der Waals surface area contributed by atoms with Crippen LogP contribution in [0.5, 0.6) is 0 Å². The van der Waals surface area contributed by atoms with Crippen molar-refractivity contribution >= 4 is 5.91 Å². The van der Waals surface area contributed by atoms with E-state index in [0.29, 0.717) is 12.6 Å². The normalized spacial score (nSPS) is 22.9. The van der Waals surface area contributed by atoms with E-state index in [-0.39, 0.29) is 17.4 Å². The molecule has 0 saturated carbocycles. The summed E-state index contributed by atoms with van der Waals surface area (Å²) in [6.07, 6.45) is 1.10. The molecule has 0 spiro atoms. The molecule has 0 radical (unpaired) electrons. The summed E-state index contributed by atoms with van der Waals surface area (Å²) in [5, 5.41) is 3.28. The highest BCUT2D eigenvalue weighted by atomic mass is 16.2. The summed E-state index contributed by atoms with van der Waals surface area (Å²) in [6.45, 7) is 12.3. The summed E-state index contributed by atoms with van der Waals surface area (Å²) >= 11 is 0. The van der Waals surface area contributed by atoms with E-state index in [1.807, 2.05) is 4.90 Å².